The number of likely N-dealkylation sites (N-methyl/N-ethyl adjacent to an activating group) is 1. The van der Waals surface area contributed by atoms with E-state index in [0.717, 1.165) is 25.3 Å². The molecular weight excluding hydrogens is 212 g/mol. The molecule has 0 N–H and O–H groups in total. The van der Waals surface area contributed by atoms with Gasteiger partial charge in [0.2, 0.25) is 0 Å². The number of hydrogen-bond acceptors (Lipinski definition) is 3. The van der Waals surface area contributed by atoms with Gasteiger partial charge in [-0.2, -0.15) is 5.10 Å². The molecule has 0 spiro atoms. The SMILES string of the molecule is CCN1CCC(c2nc3n(n2)C(C)CCC3)C1. The van der Waals surface area contributed by atoms with E-state index in [9.17, 15) is 0 Å². The Hall–Kier alpha value is -0.900. The van der Waals surface area contributed by atoms with Crippen molar-refractivity contribution in [2.24, 2.45) is 0 Å². The van der Waals surface area contributed by atoms with Crippen molar-refractivity contribution >= 4 is 0 Å². The summed E-state index contributed by atoms with van der Waals surface area (Å²) < 4.78 is 2.17. The lowest BCUT2D eigenvalue weighted by atomic mass is 10.1. The molecule has 1 aromatic heterocycles. The molecule has 3 rings (SSSR count). The van der Waals surface area contributed by atoms with E-state index in [1.165, 1.54) is 31.6 Å². The lowest BCUT2D eigenvalue weighted by molar-refractivity contribution is 0.351. The van der Waals surface area contributed by atoms with Crippen LogP contribution in [0.5, 0.6) is 0 Å². The first-order valence-corrected chi connectivity index (χ1v) is 6.95. The van der Waals surface area contributed by atoms with Crippen LogP contribution in [0.3, 0.4) is 0 Å². The fourth-order valence-corrected chi connectivity index (χ4v) is 3.08. The average Bonchev–Trinajstić information content (AvgIpc) is 2.95. The van der Waals surface area contributed by atoms with Gasteiger partial charge in [-0.3, -0.25) is 0 Å². The molecule has 1 aromatic rings. The Balaban J connectivity index is 1.80. The van der Waals surface area contributed by atoms with Gasteiger partial charge in [-0.05, 0) is 39.3 Å². The maximum atomic E-state index is 4.78. The average molecular weight is 234 g/mol. The number of hydrogen-bond donors (Lipinski definition) is 0. The Morgan fingerprint density at radius 1 is 1.35 bits per heavy atom. The minimum atomic E-state index is 0.545. The summed E-state index contributed by atoms with van der Waals surface area (Å²) in [4.78, 5) is 7.27. The molecule has 0 amide bonds. The van der Waals surface area contributed by atoms with E-state index in [0.29, 0.717) is 12.0 Å². The molecule has 2 aliphatic rings. The molecule has 0 saturated carbocycles. The standard InChI is InChI=1S/C13H22N4/c1-3-16-8-7-11(9-16)13-14-12-6-4-5-10(2)17(12)15-13/h10-11H,3-9H2,1-2H3. The fraction of sp³-hybridized carbons (Fsp3) is 0.846. The smallest absolute Gasteiger partial charge is 0.155 e. The van der Waals surface area contributed by atoms with Gasteiger partial charge in [0, 0.05) is 18.9 Å². The van der Waals surface area contributed by atoms with Gasteiger partial charge in [0.1, 0.15) is 5.82 Å². The van der Waals surface area contributed by atoms with Crippen molar-refractivity contribution in [2.45, 2.75) is 51.5 Å². The van der Waals surface area contributed by atoms with E-state index in [1.54, 1.807) is 0 Å². The van der Waals surface area contributed by atoms with Gasteiger partial charge in [-0.15, -0.1) is 0 Å². The highest BCUT2D eigenvalue weighted by Crippen LogP contribution is 2.28. The zero-order valence-corrected chi connectivity index (χ0v) is 10.9. The van der Waals surface area contributed by atoms with Crippen LogP contribution in [-0.2, 0) is 6.42 Å². The summed E-state index contributed by atoms with van der Waals surface area (Å²) in [6.07, 6.45) is 4.86. The van der Waals surface area contributed by atoms with E-state index < -0.39 is 0 Å². The Bertz CT molecular complexity index is 398. The molecule has 2 aliphatic heterocycles. The monoisotopic (exact) mass is 234 g/mol. The van der Waals surface area contributed by atoms with Crippen LogP contribution >= 0.6 is 0 Å². The Labute approximate surface area is 103 Å². The maximum Gasteiger partial charge on any atom is 0.155 e. The molecule has 3 heterocycles. The van der Waals surface area contributed by atoms with Gasteiger partial charge in [0.05, 0.1) is 6.04 Å². The zero-order chi connectivity index (χ0) is 11.8. The predicted octanol–water partition coefficient (Wildman–Crippen LogP) is 1.98. The highest BCUT2D eigenvalue weighted by atomic mass is 15.4. The molecule has 1 saturated heterocycles. The summed E-state index contributed by atoms with van der Waals surface area (Å²) in [5.41, 5.74) is 0. The molecule has 1 fully saturated rings. The van der Waals surface area contributed by atoms with Crippen LogP contribution in [-0.4, -0.2) is 39.3 Å². The summed E-state index contributed by atoms with van der Waals surface area (Å²) in [7, 11) is 0. The van der Waals surface area contributed by atoms with E-state index >= 15 is 0 Å². The van der Waals surface area contributed by atoms with E-state index in [-0.39, 0.29) is 0 Å². The zero-order valence-electron chi connectivity index (χ0n) is 10.9. The second-order valence-corrected chi connectivity index (χ2v) is 5.45. The van der Waals surface area contributed by atoms with Crippen LogP contribution in [0.25, 0.3) is 0 Å². The highest BCUT2D eigenvalue weighted by molar-refractivity contribution is 5.05. The first-order chi connectivity index (χ1) is 8.28. The summed E-state index contributed by atoms with van der Waals surface area (Å²) >= 11 is 0. The largest absolute Gasteiger partial charge is 0.303 e. The maximum absolute atomic E-state index is 4.78. The molecule has 0 bridgehead atoms. The van der Waals surface area contributed by atoms with Gasteiger partial charge in [-0.1, -0.05) is 6.92 Å². The fourth-order valence-electron chi connectivity index (χ4n) is 3.08. The lowest BCUT2D eigenvalue weighted by Gasteiger charge is -2.18. The minimum Gasteiger partial charge on any atom is -0.303 e. The number of aryl methyl sites for hydroxylation is 1. The van der Waals surface area contributed by atoms with E-state index in [1.807, 2.05) is 0 Å². The number of likely N-dealkylation sites (tertiary alicyclic amines) is 1. The summed E-state index contributed by atoms with van der Waals surface area (Å²) in [6.45, 7) is 8.00. The van der Waals surface area contributed by atoms with Gasteiger partial charge in [-0.25, -0.2) is 9.67 Å². The third-order valence-corrected chi connectivity index (χ3v) is 4.24. The summed E-state index contributed by atoms with van der Waals surface area (Å²) in [5.74, 6) is 2.89. The third-order valence-electron chi connectivity index (χ3n) is 4.24. The van der Waals surface area contributed by atoms with Gasteiger partial charge in [0.25, 0.3) is 0 Å². The van der Waals surface area contributed by atoms with Gasteiger partial charge in [0.15, 0.2) is 5.82 Å². The van der Waals surface area contributed by atoms with Crippen molar-refractivity contribution in [2.75, 3.05) is 19.6 Å². The second kappa shape index (κ2) is 4.41. The Kier molecular flexibility index (Phi) is 2.90. The van der Waals surface area contributed by atoms with Crippen LogP contribution in [0.2, 0.25) is 0 Å². The van der Waals surface area contributed by atoms with Gasteiger partial charge >= 0.3 is 0 Å². The van der Waals surface area contributed by atoms with Crippen LogP contribution in [0.15, 0.2) is 0 Å². The third kappa shape index (κ3) is 1.99. The molecule has 4 nitrogen and oxygen atoms in total. The molecule has 17 heavy (non-hydrogen) atoms. The number of aromatic nitrogens is 3. The first kappa shape index (κ1) is 11.2. The molecule has 4 heteroatoms. The molecule has 0 aromatic carbocycles. The van der Waals surface area contributed by atoms with E-state index in [4.69, 9.17) is 10.1 Å². The second-order valence-electron chi connectivity index (χ2n) is 5.45. The number of rotatable bonds is 2. The van der Waals surface area contributed by atoms with Crippen LogP contribution in [0.4, 0.5) is 0 Å². The normalized spacial score (nSPS) is 29.5. The van der Waals surface area contributed by atoms with Crippen molar-refractivity contribution in [3.63, 3.8) is 0 Å². The van der Waals surface area contributed by atoms with Crippen LogP contribution in [0.1, 0.15) is 56.7 Å². The molecule has 2 unspecified atom stereocenters. The molecule has 2 atom stereocenters. The topological polar surface area (TPSA) is 34.0 Å². The Morgan fingerprint density at radius 3 is 2.94 bits per heavy atom. The Morgan fingerprint density at radius 2 is 2.24 bits per heavy atom. The lowest BCUT2D eigenvalue weighted by Crippen LogP contribution is -2.19. The highest BCUT2D eigenvalue weighted by Gasteiger charge is 2.28. The van der Waals surface area contributed by atoms with Crippen molar-refractivity contribution in [1.29, 1.82) is 0 Å². The first-order valence-electron chi connectivity index (χ1n) is 6.95. The minimum absolute atomic E-state index is 0.545. The number of nitrogens with zero attached hydrogens (tertiary/aromatic N) is 4. The van der Waals surface area contributed by atoms with E-state index in [2.05, 4.69) is 23.4 Å². The predicted molar refractivity (Wildman–Crippen MR) is 67.1 cm³/mol. The van der Waals surface area contributed by atoms with Crippen molar-refractivity contribution in [3.8, 4) is 0 Å². The summed E-state index contributed by atoms with van der Waals surface area (Å²) in [5, 5.41) is 4.76. The molecule has 0 aliphatic carbocycles. The van der Waals surface area contributed by atoms with Crippen LogP contribution in [0, 0.1) is 0 Å². The molecule has 0 radical (unpaired) electrons. The van der Waals surface area contributed by atoms with Crippen molar-refractivity contribution in [3.05, 3.63) is 11.6 Å². The van der Waals surface area contributed by atoms with Crippen LogP contribution < -0.4 is 0 Å². The van der Waals surface area contributed by atoms with Crippen molar-refractivity contribution in [1.82, 2.24) is 19.7 Å². The molecular formula is C13H22N4. The number of fused-ring (bicyclic) bond motifs is 1. The van der Waals surface area contributed by atoms with Gasteiger partial charge < -0.3 is 4.90 Å². The van der Waals surface area contributed by atoms with Crippen molar-refractivity contribution < 1.29 is 0 Å². The molecule has 94 valence electrons. The summed E-state index contributed by atoms with van der Waals surface area (Å²) in [6, 6.07) is 0.545. The quantitative estimate of drug-likeness (QED) is 0.784.